The number of carboxylic acid groups (broad SMARTS) is 1. The lowest BCUT2D eigenvalue weighted by Gasteiger charge is -2.38. The Hall–Kier alpha value is -2.14. The second kappa shape index (κ2) is 5.33. The summed E-state index contributed by atoms with van der Waals surface area (Å²) in [5.74, 6) is -0.221. The molecule has 0 aliphatic heterocycles. The number of rotatable bonds is 5. The number of aryl methyl sites for hydroxylation is 1. The van der Waals surface area contributed by atoms with Crippen molar-refractivity contribution in [3.05, 3.63) is 41.8 Å². The van der Waals surface area contributed by atoms with Gasteiger partial charge in [-0.25, -0.2) is 4.98 Å². The zero-order valence-corrected chi connectivity index (χ0v) is 11.9. The third-order valence-corrected chi connectivity index (χ3v) is 4.07. The first-order chi connectivity index (χ1) is 10.1. The lowest BCUT2D eigenvalue weighted by Crippen LogP contribution is -2.56. The molecule has 0 amide bonds. The van der Waals surface area contributed by atoms with Gasteiger partial charge < -0.3 is 9.52 Å². The van der Waals surface area contributed by atoms with Crippen molar-refractivity contribution in [2.45, 2.75) is 38.3 Å². The summed E-state index contributed by atoms with van der Waals surface area (Å²) in [6.07, 6.45) is 3.87. The summed E-state index contributed by atoms with van der Waals surface area (Å²) >= 11 is 0. The van der Waals surface area contributed by atoms with Crippen molar-refractivity contribution in [3.63, 3.8) is 0 Å². The van der Waals surface area contributed by atoms with E-state index in [1.54, 1.807) is 6.26 Å². The minimum atomic E-state index is -0.781. The Balaban J connectivity index is 1.68. The molecule has 0 spiro atoms. The van der Waals surface area contributed by atoms with Crippen molar-refractivity contribution in [2.75, 3.05) is 0 Å². The number of aliphatic carboxylic acids is 1. The monoisotopic (exact) mass is 286 g/mol. The summed E-state index contributed by atoms with van der Waals surface area (Å²) in [5.41, 5.74) is 2.05. The average molecular weight is 286 g/mol. The maximum Gasteiger partial charge on any atom is 0.323 e. The molecular weight excluding hydrogens is 268 g/mol. The minimum absolute atomic E-state index is 0.404. The van der Waals surface area contributed by atoms with E-state index in [9.17, 15) is 9.90 Å². The average Bonchev–Trinajstić information content (AvgIpc) is 2.87. The Morgan fingerprint density at radius 2 is 2.10 bits per heavy atom. The molecule has 2 N–H and O–H groups in total. The van der Waals surface area contributed by atoms with E-state index in [0.717, 1.165) is 17.7 Å². The van der Waals surface area contributed by atoms with Crippen LogP contribution in [0.2, 0.25) is 0 Å². The van der Waals surface area contributed by atoms with Gasteiger partial charge in [0.15, 0.2) is 0 Å². The highest BCUT2D eigenvalue weighted by atomic mass is 16.4. The topological polar surface area (TPSA) is 75.4 Å². The van der Waals surface area contributed by atoms with Crippen LogP contribution in [0.3, 0.4) is 0 Å². The third-order valence-electron chi connectivity index (χ3n) is 4.07. The number of nitrogens with zero attached hydrogens (tertiary/aromatic N) is 1. The van der Waals surface area contributed by atoms with Crippen molar-refractivity contribution in [1.82, 2.24) is 10.3 Å². The summed E-state index contributed by atoms with van der Waals surface area (Å²) in [6.45, 7) is 2.43. The van der Waals surface area contributed by atoms with E-state index >= 15 is 0 Å². The smallest absolute Gasteiger partial charge is 0.323 e. The number of oxazole rings is 1. The largest absolute Gasteiger partial charge is 0.480 e. The zero-order chi connectivity index (χ0) is 14.9. The normalized spacial score (nSPS) is 16.4. The maximum absolute atomic E-state index is 11.3. The van der Waals surface area contributed by atoms with E-state index in [4.69, 9.17) is 4.42 Å². The molecular formula is C16H18N2O3. The van der Waals surface area contributed by atoms with Gasteiger partial charge in [0.05, 0.1) is 5.69 Å². The van der Waals surface area contributed by atoms with E-state index in [2.05, 4.69) is 10.3 Å². The van der Waals surface area contributed by atoms with Crippen molar-refractivity contribution in [3.8, 4) is 11.5 Å². The zero-order valence-electron chi connectivity index (χ0n) is 11.9. The van der Waals surface area contributed by atoms with Crippen LogP contribution < -0.4 is 5.32 Å². The van der Waals surface area contributed by atoms with Crippen LogP contribution in [0, 0.1) is 6.92 Å². The predicted molar refractivity (Wildman–Crippen MR) is 77.7 cm³/mol. The summed E-state index contributed by atoms with van der Waals surface area (Å²) in [7, 11) is 0. The number of nitrogens with one attached hydrogen (secondary N) is 1. The van der Waals surface area contributed by atoms with Crippen LogP contribution >= 0.6 is 0 Å². The Kier molecular flexibility index (Phi) is 3.51. The highest BCUT2D eigenvalue weighted by Gasteiger charge is 2.43. The summed E-state index contributed by atoms with van der Waals surface area (Å²) in [6, 6.07) is 7.93. The molecule has 0 bridgehead atoms. The van der Waals surface area contributed by atoms with E-state index in [1.165, 1.54) is 5.56 Å². The van der Waals surface area contributed by atoms with Gasteiger partial charge in [0, 0.05) is 12.1 Å². The molecule has 5 heteroatoms. The van der Waals surface area contributed by atoms with Crippen LogP contribution in [-0.2, 0) is 11.3 Å². The second-order valence-corrected chi connectivity index (χ2v) is 5.60. The van der Waals surface area contributed by atoms with Gasteiger partial charge in [-0.05, 0) is 38.3 Å². The van der Waals surface area contributed by atoms with Gasteiger partial charge in [-0.15, -0.1) is 0 Å². The van der Waals surface area contributed by atoms with E-state index < -0.39 is 11.5 Å². The Bertz CT molecular complexity index is 642. The highest BCUT2D eigenvalue weighted by molar-refractivity contribution is 5.79. The molecule has 21 heavy (non-hydrogen) atoms. The SMILES string of the molecule is Cc1ccc(-c2nc(CNC3(C(=O)O)CCC3)co2)cc1. The molecule has 1 fully saturated rings. The molecule has 1 aliphatic carbocycles. The predicted octanol–water partition coefficient (Wildman–Crippen LogP) is 2.75. The molecule has 2 aromatic rings. The molecule has 1 aromatic carbocycles. The standard InChI is InChI=1S/C16H18N2O3/c1-11-3-5-12(6-4-11)14-18-13(10-21-14)9-17-16(15(19)20)7-2-8-16/h3-6,10,17H,2,7-9H2,1H3,(H,19,20). The molecule has 0 radical (unpaired) electrons. The van der Waals surface area contributed by atoms with E-state index in [-0.39, 0.29) is 0 Å². The van der Waals surface area contributed by atoms with Crippen molar-refractivity contribution >= 4 is 5.97 Å². The molecule has 0 saturated heterocycles. The van der Waals surface area contributed by atoms with Gasteiger partial charge in [0.25, 0.3) is 0 Å². The molecule has 3 rings (SSSR count). The van der Waals surface area contributed by atoms with Crippen LogP contribution in [0.1, 0.15) is 30.5 Å². The number of carboxylic acids is 1. The first-order valence-corrected chi connectivity index (χ1v) is 7.09. The number of hydrogen-bond donors (Lipinski definition) is 2. The number of aromatic nitrogens is 1. The van der Waals surface area contributed by atoms with E-state index in [0.29, 0.717) is 25.3 Å². The van der Waals surface area contributed by atoms with Gasteiger partial charge >= 0.3 is 5.97 Å². The van der Waals surface area contributed by atoms with Crippen LogP contribution in [0.15, 0.2) is 34.9 Å². The molecule has 1 heterocycles. The fourth-order valence-corrected chi connectivity index (χ4v) is 2.47. The van der Waals surface area contributed by atoms with Gasteiger partial charge in [-0.2, -0.15) is 0 Å². The third kappa shape index (κ3) is 2.69. The van der Waals surface area contributed by atoms with E-state index in [1.807, 2.05) is 31.2 Å². The van der Waals surface area contributed by atoms with Gasteiger partial charge in [0.1, 0.15) is 11.8 Å². The lowest BCUT2D eigenvalue weighted by atomic mass is 9.77. The fraction of sp³-hybridized carbons (Fsp3) is 0.375. The number of carbonyl (C=O) groups is 1. The molecule has 1 aliphatic rings. The maximum atomic E-state index is 11.3. The van der Waals surface area contributed by atoms with Crippen LogP contribution in [0.5, 0.6) is 0 Å². The van der Waals surface area contributed by atoms with Crippen molar-refractivity contribution in [1.29, 1.82) is 0 Å². The fourth-order valence-electron chi connectivity index (χ4n) is 2.47. The van der Waals surface area contributed by atoms with Crippen molar-refractivity contribution in [2.24, 2.45) is 0 Å². The lowest BCUT2D eigenvalue weighted by molar-refractivity contribution is -0.148. The Labute approximate surface area is 123 Å². The van der Waals surface area contributed by atoms with Crippen LogP contribution in [0.25, 0.3) is 11.5 Å². The molecule has 0 unspecified atom stereocenters. The van der Waals surface area contributed by atoms with Gasteiger partial charge in [0.2, 0.25) is 5.89 Å². The van der Waals surface area contributed by atoms with Gasteiger partial charge in [-0.1, -0.05) is 17.7 Å². The molecule has 110 valence electrons. The van der Waals surface area contributed by atoms with Crippen LogP contribution in [-0.4, -0.2) is 21.6 Å². The Morgan fingerprint density at radius 3 is 2.67 bits per heavy atom. The summed E-state index contributed by atoms with van der Waals surface area (Å²) < 4.78 is 5.47. The number of hydrogen-bond acceptors (Lipinski definition) is 4. The van der Waals surface area contributed by atoms with Gasteiger partial charge in [-0.3, -0.25) is 10.1 Å². The number of benzene rings is 1. The van der Waals surface area contributed by atoms with Crippen molar-refractivity contribution < 1.29 is 14.3 Å². The first-order valence-electron chi connectivity index (χ1n) is 7.09. The molecule has 1 saturated carbocycles. The minimum Gasteiger partial charge on any atom is -0.480 e. The Morgan fingerprint density at radius 1 is 1.38 bits per heavy atom. The molecule has 1 aromatic heterocycles. The summed E-state index contributed by atoms with van der Waals surface area (Å²) in [4.78, 5) is 15.7. The molecule has 5 nitrogen and oxygen atoms in total. The highest BCUT2D eigenvalue weighted by Crippen LogP contribution is 2.32. The first kappa shape index (κ1) is 13.8. The molecule has 0 atom stereocenters. The quantitative estimate of drug-likeness (QED) is 0.884. The van der Waals surface area contributed by atoms with Crippen LogP contribution in [0.4, 0.5) is 0 Å². The summed E-state index contributed by atoms with van der Waals surface area (Å²) in [5, 5.41) is 12.4. The second-order valence-electron chi connectivity index (χ2n) is 5.60.